The van der Waals surface area contributed by atoms with E-state index in [0.717, 1.165) is 12.0 Å². The van der Waals surface area contributed by atoms with Crippen LogP contribution in [-0.2, 0) is 4.79 Å². The summed E-state index contributed by atoms with van der Waals surface area (Å²) in [6.07, 6.45) is 7.76. The molecule has 0 saturated carbocycles. The van der Waals surface area contributed by atoms with Crippen molar-refractivity contribution in [3.8, 4) is 0 Å². The molecule has 2 rings (SSSR count). The molecule has 0 unspecified atom stereocenters. The molecule has 2 heteroatoms. The zero-order valence-electron chi connectivity index (χ0n) is 7.36. The summed E-state index contributed by atoms with van der Waals surface area (Å²) in [5.74, 6) is 0.340. The molecular formula is C11H11NO. The lowest BCUT2D eigenvalue weighted by molar-refractivity contribution is -0.118. The maximum Gasteiger partial charge on any atom is 0.137 e. The molecule has 13 heavy (non-hydrogen) atoms. The molecule has 0 aromatic carbocycles. The molecule has 0 saturated heterocycles. The maximum atomic E-state index is 11.0. The smallest absolute Gasteiger partial charge is 0.137 e. The van der Waals surface area contributed by atoms with Crippen LogP contribution in [0.1, 0.15) is 24.8 Å². The molecule has 1 heterocycles. The minimum absolute atomic E-state index is 0.340. The quantitative estimate of drug-likeness (QED) is 0.651. The van der Waals surface area contributed by atoms with Crippen molar-refractivity contribution in [1.82, 2.24) is 4.98 Å². The SMILES string of the molecule is O=C1CC=C(c2cccnc2)CC1. The van der Waals surface area contributed by atoms with Crippen molar-refractivity contribution in [3.63, 3.8) is 0 Å². The summed E-state index contributed by atoms with van der Waals surface area (Å²) in [7, 11) is 0. The number of hydrogen-bond acceptors (Lipinski definition) is 2. The predicted molar refractivity (Wildman–Crippen MR) is 51.1 cm³/mol. The van der Waals surface area contributed by atoms with E-state index < -0.39 is 0 Å². The topological polar surface area (TPSA) is 30.0 Å². The van der Waals surface area contributed by atoms with Crippen LogP contribution in [0.15, 0.2) is 30.6 Å². The number of Topliss-reactive ketones (excluding diaryl/α,β-unsaturated/α-hetero) is 1. The van der Waals surface area contributed by atoms with Gasteiger partial charge in [-0.15, -0.1) is 0 Å². The Bertz CT molecular complexity index is 340. The standard InChI is InChI=1S/C11H11NO/c13-11-5-3-9(4-6-11)10-2-1-7-12-8-10/h1-3,7-8H,4-6H2. The third-order valence-electron chi connectivity index (χ3n) is 2.28. The first kappa shape index (κ1) is 8.17. The van der Waals surface area contributed by atoms with Crippen LogP contribution < -0.4 is 0 Å². The summed E-state index contributed by atoms with van der Waals surface area (Å²) in [6, 6.07) is 3.96. The maximum absolute atomic E-state index is 11.0. The number of carbonyl (C=O) groups is 1. The molecule has 0 radical (unpaired) electrons. The largest absolute Gasteiger partial charge is 0.299 e. The molecule has 0 bridgehead atoms. The summed E-state index contributed by atoms with van der Waals surface area (Å²) >= 11 is 0. The van der Waals surface area contributed by atoms with Gasteiger partial charge in [-0.25, -0.2) is 0 Å². The van der Waals surface area contributed by atoms with Gasteiger partial charge in [0.05, 0.1) is 0 Å². The summed E-state index contributed by atoms with van der Waals surface area (Å²) in [4.78, 5) is 15.0. The van der Waals surface area contributed by atoms with Gasteiger partial charge in [0.15, 0.2) is 0 Å². The first-order valence-corrected chi connectivity index (χ1v) is 4.47. The van der Waals surface area contributed by atoms with Crippen molar-refractivity contribution < 1.29 is 4.79 Å². The van der Waals surface area contributed by atoms with Crippen LogP contribution in [0.25, 0.3) is 5.57 Å². The number of rotatable bonds is 1. The fourth-order valence-electron chi connectivity index (χ4n) is 1.53. The number of pyridine rings is 1. The van der Waals surface area contributed by atoms with Gasteiger partial charge in [-0.1, -0.05) is 12.1 Å². The van der Waals surface area contributed by atoms with Gasteiger partial charge in [0.1, 0.15) is 5.78 Å². The van der Waals surface area contributed by atoms with E-state index in [2.05, 4.69) is 4.98 Å². The van der Waals surface area contributed by atoms with Crippen molar-refractivity contribution >= 4 is 11.4 Å². The number of aromatic nitrogens is 1. The fraction of sp³-hybridized carbons (Fsp3) is 0.273. The highest BCUT2D eigenvalue weighted by atomic mass is 16.1. The van der Waals surface area contributed by atoms with Crippen LogP contribution in [0, 0.1) is 0 Å². The summed E-state index contributed by atoms with van der Waals surface area (Å²) in [6.45, 7) is 0. The van der Waals surface area contributed by atoms with Crippen LogP contribution in [-0.4, -0.2) is 10.8 Å². The van der Waals surface area contributed by atoms with Crippen molar-refractivity contribution in [3.05, 3.63) is 36.2 Å². The lowest BCUT2D eigenvalue weighted by Crippen LogP contribution is -2.02. The Morgan fingerprint density at radius 3 is 2.85 bits per heavy atom. The minimum Gasteiger partial charge on any atom is -0.299 e. The van der Waals surface area contributed by atoms with Gasteiger partial charge in [-0.2, -0.15) is 0 Å². The minimum atomic E-state index is 0.340. The summed E-state index contributed by atoms with van der Waals surface area (Å²) in [5.41, 5.74) is 2.41. The molecule has 0 atom stereocenters. The van der Waals surface area contributed by atoms with Gasteiger partial charge >= 0.3 is 0 Å². The molecule has 0 fully saturated rings. The van der Waals surface area contributed by atoms with E-state index >= 15 is 0 Å². The average Bonchev–Trinajstić information content (AvgIpc) is 2.20. The highest BCUT2D eigenvalue weighted by molar-refractivity contribution is 5.86. The molecule has 2 nitrogen and oxygen atoms in total. The zero-order valence-corrected chi connectivity index (χ0v) is 7.36. The highest BCUT2D eigenvalue weighted by Crippen LogP contribution is 2.23. The molecule has 66 valence electrons. The number of hydrogen-bond donors (Lipinski definition) is 0. The van der Waals surface area contributed by atoms with Crippen molar-refractivity contribution in [2.75, 3.05) is 0 Å². The zero-order chi connectivity index (χ0) is 9.10. The van der Waals surface area contributed by atoms with Gasteiger partial charge in [0.2, 0.25) is 0 Å². The van der Waals surface area contributed by atoms with E-state index in [1.807, 2.05) is 24.4 Å². The molecule has 0 aliphatic heterocycles. The Hall–Kier alpha value is -1.44. The second-order valence-electron chi connectivity index (χ2n) is 3.21. The normalized spacial score (nSPS) is 16.9. The van der Waals surface area contributed by atoms with Crippen LogP contribution in [0.3, 0.4) is 0 Å². The van der Waals surface area contributed by atoms with Gasteiger partial charge < -0.3 is 0 Å². The molecule has 1 aromatic rings. The van der Waals surface area contributed by atoms with E-state index in [9.17, 15) is 4.79 Å². The van der Waals surface area contributed by atoms with E-state index in [1.165, 1.54) is 5.57 Å². The summed E-state index contributed by atoms with van der Waals surface area (Å²) in [5, 5.41) is 0. The van der Waals surface area contributed by atoms with E-state index in [0.29, 0.717) is 18.6 Å². The monoisotopic (exact) mass is 173 g/mol. The molecule has 1 aromatic heterocycles. The Labute approximate surface area is 77.3 Å². The number of ketones is 1. The van der Waals surface area contributed by atoms with Crippen molar-refractivity contribution in [1.29, 1.82) is 0 Å². The predicted octanol–water partition coefficient (Wildman–Crippen LogP) is 2.22. The third-order valence-corrected chi connectivity index (χ3v) is 2.28. The number of nitrogens with zero attached hydrogens (tertiary/aromatic N) is 1. The second kappa shape index (κ2) is 3.52. The molecular weight excluding hydrogens is 162 g/mol. The molecule has 0 amide bonds. The van der Waals surface area contributed by atoms with Crippen molar-refractivity contribution in [2.24, 2.45) is 0 Å². The van der Waals surface area contributed by atoms with Crippen molar-refractivity contribution in [2.45, 2.75) is 19.3 Å². The third kappa shape index (κ3) is 1.83. The highest BCUT2D eigenvalue weighted by Gasteiger charge is 2.11. The van der Waals surface area contributed by atoms with Crippen LogP contribution in [0.4, 0.5) is 0 Å². The lowest BCUT2D eigenvalue weighted by Gasteiger charge is -2.11. The van der Waals surface area contributed by atoms with Crippen LogP contribution in [0.5, 0.6) is 0 Å². The summed E-state index contributed by atoms with van der Waals surface area (Å²) < 4.78 is 0. The first-order chi connectivity index (χ1) is 6.36. The Morgan fingerprint density at radius 1 is 1.31 bits per heavy atom. The van der Waals surface area contributed by atoms with E-state index in [-0.39, 0.29) is 0 Å². The van der Waals surface area contributed by atoms with Gasteiger partial charge in [-0.3, -0.25) is 9.78 Å². The number of carbonyl (C=O) groups excluding carboxylic acids is 1. The van der Waals surface area contributed by atoms with Gasteiger partial charge in [-0.05, 0) is 23.6 Å². The number of allylic oxidation sites excluding steroid dienone is 2. The Balaban J connectivity index is 2.23. The second-order valence-corrected chi connectivity index (χ2v) is 3.21. The Kier molecular flexibility index (Phi) is 2.21. The van der Waals surface area contributed by atoms with E-state index in [4.69, 9.17) is 0 Å². The molecule has 1 aliphatic carbocycles. The molecule has 0 spiro atoms. The molecule has 1 aliphatic rings. The van der Waals surface area contributed by atoms with E-state index in [1.54, 1.807) is 6.20 Å². The fourth-order valence-corrected chi connectivity index (χ4v) is 1.53. The average molecular weight is 173 g/mol. The molecule has 0 N–H and O–H groups in total. The van der Waals surface area contributed by atoms with Gasteiger partial charge in [0.25, 0.3) is 0 Å². The van der Waals surface area contributed by atoms with Gasteiger partial charge in [0, 0.05) is 25.2 Å². The Morgan fingerprint density at radius 2 is 2.23 bits per heavy atom. The lowest BCUT2D eigenvalue weighted by atomic mass is 9.94. The first-order valence-electron chi connectivity index (χ1n) is 4.47. The van der Waals surface area contributed by atoms with Crippen LogP contribution >= 0.6 is 0 Å². The van der Waals surface area contributed by atoms with Crippen LogP contribution in [0.2, 0.25) is 0 Å².